The summed E-state index contributed by atoms with van der Waals surface area (Å²) in [7, 11) is 0.445. The predicted octanol–water partition coefficient (Wildman–Crippen LogP) is 2.83. The lowest BCUT2D eigenvalue weighted by Gasteiger charge is -2.17. The van der Waals surface area contributed by atoms with E-state index in [0.717, 1.165) is 0 Å². The van der Waals surface area contributed by atoms with Gasteiger partial charge in [0, 0.05) is 0 Å². The topological polar surface area (TPSA) is 0 Å². The summed E-state index contributed by atoms with van der Waals surface area (Å²) in [6.07, 6.45) is 0. The molecule has 1 aromatic rings. The Labute approximate surface area is 90.6 Å². The highest BCUT2D eigenvalue weighted by Crippen LogP contribution is 2.18. The zero-order valence-corrected chi connectivity index (χ0v) is 11.2. The van der Waals surface area contributed by atoms with Crippen LogP contribution in [0.3, 0.4) is 0 Å². The van der Waals surface area contributed by atoms with Gasteiger partial charge >= 0.3 is 0 Å². The van der Waals surface area contributed by atoms with Gasteiger partial charge in [-0.1, -0.05) is 61.3 Å². The van der Waals surface area contributed by atoms with Gasteiger partial charge in [-0.05, 0) is 19.3 Å². The predicted molar refractivity (Wildman–Crippen MR) is 67.0 cm³/mol. The molecule has 1 radical (unpaired) electrons. The third-order valence-electron chi connectivity index (χ3n) is 2.19. The van der Waals surface area contributed by atoms with Crippen molar-refractivity contribution in [3.63, 3.8) is 0 Å². The van der Waals surface area contributed by atoms with E-state index >= 15 is 0 Å². The quantitative estimate of drug-likeness (QED) is 0.651. The Morgan fingerprint density at radius 3 is 1.93 bits per heavy atom. The Morgan fingerprint density at radius 1 is 1.00 bits per heavy atom. The third kappa shape index (κ3) is 4.10. The maximum atomic E-state index is 2.34. The lowest BCUT2D eigenvalue weighted by molar-refractivity contribution is 0.468. The summed E-state index contributed by atoms with van der Waals surface area (Å²) in [4.78, 5) is 0. The fourth-order valence-corrected chi connectivity index (χ4v) is 3.16. The van der Waals surface area contributed by atoms with Crippen molar-refractivity contribution in [2.75, 3.05) is 0 Å². The summed E-state index contributed by atoms with van der Waals surface area (Å²) in [5.41, 5.74) is 3.29. The molecule has 0 aromatic heterocycles. The van der Waals surface area contributed by atoms with Gasteiger partial charge in [-0.2, -0.15) is 0 Å². The van der Waals surface area contributed by atoms with Crippen molar-refractivity contribution in [1.82, 2.24) is 0 Å². The minimum Gasteiger partial charge on any atom is -0.0651 e. The molecule has 0 saturated carbocycles. The summed E-state index contributed by atoms with van der Waals surface area (Å²) in [5.74, 6) is 0. The van der Waals surface area contributed by atoms with Crippen molar-refractivity contribution < 1.29 is 0 Å². The lowest BCUT2D eigenvalue weighted by Crippen LogP contribution is -2.20. The van der Waals surface area contributed by atoms with Crippen molar-refractivity contribution in [3.05, 3.63) is 29.3 Å². The van der Waals surface area contributed by atoms with Crippen LogP contribution in [0, 0.1) is 19.3 Å². The van der Waals surface area contributed by atoms with Crippen molar-refractivity contribution in [1.29, 1.82) is 0 Å². The van der Waals surface area contributed by atoms with Crippen molar-refractivity contribution in [2.24, 2.45) is 5.41 Å². The molecular weight excluding hydrogens is 184 g/mol. The lowest BCUT2D eigenvalue weighted by atomic mass is 10.0. The second-order valence-corrected chi connectivity index (χ2v) is 6.87. The minimum absolute atomic E-state index is 0.445. The zero-order valence-electron chi connectivity index (χ0n) is 10.0. The summed E-state index contributed by atoms with van der Waals surface area (Å²) >= 11 is 0. The minimum atomic E-state index is 0.445. The molecular formula is C13H21Si. The molecule has 1 rings (SSSR count). The van der Waals surface area contributed by atoms with Crippen LogP contribution in [-0.2, 0) is 0 Å². The maximum Gasteiger partial charge on any atom is 0.0673 e. The molecule has 0 aliphatic carbocycles. The van der Waals surface area contributed by atoms with E-state index in [0.29, 0.717) is 14.9 Å². The SMILES string of the molecule is Cc1cc(C)cc([SiH]CC(C)(C)C)c1. The molecule has 0 nitrogen and oxygen atoms in total. The van der Waals surface area contributed by atoms with Gasteiger partial charge in [0.25, 0.3) is 0 Å². The Hall–Kier alpha value is -0.563. The number of benzene rings is 1. The average molecular weight is 205 g/mol. The standard InChI is InChI=1S/C13H21Si/c1-10-6-11(2)8-12(7-10)14-9-13(3,4)5/h6-8,14H,9H2,1-5H3. The maximum absolute atomic E-state index is 2.34. The van der Waals surface area contributed by atoms with Gasteiger partial charge in [0.15, 0.2) is 0 Å². The number of rotatable bonds is 2. The van der Waals surface area contributed by atoms with Crippen LogP contribution in [0.2, 0.25) is 6.04 Å². The highest BCUT2D eigenvalue weighted by molar-refractivity contribution is 6.53. The molecule has 0 atom stereocenters. The average Bonchev–Trinajstić information content (AvgIpc) is 1.97. The molecule has 0 N–H and O–H groups in total. The van der Waals surface area contributed by atoms with E-state index in [4.69, 9.17) is 0 Å². The van der Waals surface area contributed by atoms with Crippen LogP contribution < -0.4 is 5.19 Å². The van der Waals surface area contributed by atoms with Gasteiger partial charge in [-0.3, -0.25) is 0 Å². The van der Waals surface area contributed by atoms with Crippen molar-refractivity contribution in [2.45, 2.75) is 40.7 Å². The Morgan fingerprint density at radius 2 is 1.50 bits per heavy atom. The number of aryl methyl sites for hydroxylation is 2. The van der Waals surface area contributed by atoms with Crippen LogP contribution >= 0.6 is 0 Å². The molecule has 1 aromatic carbocycles. The first-order valence-corrected chi connectivity index (χ1v) is 6.68. The fourth-order valence-electron chi connectivity index (χ4n) is 1.55. The van der Waals surface area contributed by atoms with Crippen molar-refractivity contribution >= 4 is 14.7 Å². The van der Waals surface area contributed by atoms with E-state index in [9.17, 15) is 0 Å². The zero-order chi connectivity index (χ0) is 10.8. The molecule has 0 spiro atoms. The first-order valence-electron chi connectivity index (χ1n) is 5.28. The van der Waals surface area contributed by atoms with E-state index in [-0.39, 0.29) is 0 Å². The van der Waals surface area contributed by atoms with Crippen LogP contribution in [-0.4, -0.2) is 9.52 Å². The van der Waals surface area contributed by atoms with E-state index in [1.54, 1.807) is 5.19 Å². The van der Waals surface area contributed by atoms with Crippen molar-refractivity contribution in [3.8, 4) is 0 Å². The summed E-state index contributed by atoms with van der Waals surface area (Å²) in [6.45, 7) is 11.3. The van der Waals surface area contributed by atoms with E-state index in [1.807, 2.05) is 0 Å². The molecule has 1 heteroatoms. The van der Waals surface area contributed by atoms with Crippen LogP contribution in [0.15, 0.2) is 18.2 Å². The number of hydrogen-bond donors (Lipinski definition) is 0. The van der Waals surface area contributed by atoms with Gasteiger partial charge in [-0.25, -0.2) is 0 Å². The Bertz CT molecular complexity index is 287. The van der Waals surface area contributed by atoms with Crippen LogP contribution in [0.4, 0.5) is 0 Å². The summed E-state index contributed by atoms with van der Waals surface area (Å²) < 4.78 is 0. The van der Waals surface area contributed by atoms with Crippen LogP contribution in [0.5, 0.6) is 0 Å². The summed E-state index contributed by atoms with van der Waals surface area (Å²) in [5, 5.41) is 1.57. The third-order valence-corrected chi connectivity index (χ3v) is 4.43. The van der Waals surface area contributed by atoms with Gasteiger partial charge in [0.05, 0.1) is 9.52 Å². The van der Waals surface area contributed by atoms with Gasteiger partial charge in [0.2, 0.25) is 0 Å². The van der Waals surface area contributed by atoms with E-state index < -0.39 is 0 Å². The number of hydrogen-bond acceptors (Lipinski definition) is 0. The monoisotopic (exact) mass is 205 g/mol. The normalized spacial score (nSPS) is 11.8. The molecule has 0 fully saturated rings. The first kappa shape index (κ1) is 11.5. The van der Waals surface area contributed by atoms with Gasteiger partial charge < -0.3 is 0 Å². The Balaban J connectivity index is 2.68. The molecule has 0 bridgehead atoms. The van der Waals surface area contributed by atoms with E-state index in [2.05, 4.69) is 52.8 Å². The van der Waals surface area contributed by atoms with Gasteiger partial charge in [0.1, 0.15) is 0 Å². The molecule has 0 saturated heterocycles. The van der Waals surface area contributed by atoms with E-state index in [1.165, 1.54) is 17.2 Å². The summed E-state index contributed by atoms with van der Waals surface area (Å²) in [6, 6.07) is 8.28. The highest BCUT2D eigenvalue weighted by Gasteiger charge is 2.10. The smallest absolute Gasteiger partial charge is 0.0651 e. The Kier molecular flexibility index (Phi) is 3.54. The van der Waals surface area contributed by atoms with Gasteiger partial charge in [-0.15, -0.1) is 0 Å². The first-order chi connectivity index (χ1) is 6.37. The molecule has 77 valence electrons. The highest BCUT2D eigenvalue weighted by atomic mass is 28.2. The van der Waals surface area contributed by atoms with Crippen LogP contribution in [0.1, 0.15) is 31.9 Å². The second-order valence-electron chi connectivity index (χ2n) is 5.39. The molecule has 0 unspecified atom stereocenters. The molecule has 0 amide bonds. The molecule has 0 aliphatic rings. The van der Waals surface area contributed by atoms with Crippen LogP contribution in [0.25, 0.3) is 0 Å². The largest absolute Gasteiger partial charge is 0.0673 e. The second kappa shape index (κ2) is 4.31. The molecule has 0 aliphatic heterocycles. The fraction of sp³-hybridized carbons (Fsp3) is 0.538. The molecule has 14 heavy (non-hydrogen) atoms. The molecule has 0 heterocycles.